The number of carbonyl (C=O) groups excluding carboxylic acids is 2. The fraction of sp³-hybridized carbons (Fsp3) is 0.381. The highest BCUT2D eigenvalue weighted by molar-refractivity contribution is 7.99. The maximum atomic E-state index is 12.6. The maximum Gasteiger partial charge on any atom is 0.251 e. The first-order valence-electron chi connectivity index (χ1n) is 9.60. The number of nitrogens with zero attached hydrogens (tertiary/aromatic N) is 2. The lowest BCUT2D eigenvalue weighted by Gasteiger charge is -2.44. The summed E-state index contributed by atoms with van der Waals surface area (Å²) in [5.74, 6) is 0.499. The minimum Gasteiger partial charge on any atom is -0.348 e. The molecule has 3 saturated heterocycles. The lowest BCUT2D eigenvalue weighted by Crippen LogP contribution is -2.57. The quantitative estimate of drug-likeness (QED) is 0.813. The summed E-state index contributed by atoms with van der Waals surface area (Å²) in [6.07, 6.45) is 5.75. The summed E-state index contributed by atoms with van der Waals surface area (Å²) in [5, 5.41) is 5.96. The van der Waals surface area contributed by atoms with Gasteiger partial charge in [0.05, 0.1) is 11.9 Å². The summed E-state index contributed by atoms with van der Waals surface area (Å²) >= 11 is 1.54. The predicted molar refractivity (Wildman–Crippen MR) is 110 cm³/mol. The van der Waals surface area contributed by atoms with E-state index in [1.807, 2.05) is 30.3 Å². The van der Waals surface area contributed by atoms with Crippen molar-refractivity contribution in [3.05, 3.63) is 48.3 Å². The molecule has 7 heteroatoms. The summed E-state index contributed by atoms with van der Waals surface area (Å²) < 4.78 is 0. The first kappa shape index (κ1) is 19.0. The van der Waals surface area contributed by atoms with Crippen molar-refractivity contribution >= 4 is 29.3 Å². The summed E-state index contributed by atoms with van der Waals surface area (Å²) in [7, 11) is 0. The number of anilines is 1. The first-order valence-corrected chi connectivity index (χ1v) is 10.4. The van der Waals surface area contributed by atoms with Gasteiger partial charge in [0.2, 0.25) is 5.91 Å². The van der Waals surface area contributed by atoms with Gasteiger partial charge in [0.25, 0.3) is 5.91 Å². The van der Waals surface area contributed by atoms with Crippen LogP contribution in [0.3, 0.4) is 0 Å². The van der Waals surface area contributed by atoms with Crippen LogP contribution in [-0.2, 0) is 4.79 Å². The smallest absolute Gasteiger partial charge is 0.251 e. The van der Waals surface area contributed by atoms with Crippen molar-refractivity contribution in [3.8, 4) is 0 Å². The first-order chi connectivity index (χ1) is 13.6. The molecule has 1 atom stereocenters. The van der Waals surface area contributed by atoms with Gasteiger partial charge in [-0.05, 0) is 62.2 Å². The number of hydrogen-bond acceptors (Lipinski definition) is 5. The van der Waals surface area contributed by atoms with Crippen molar-refractivity contribution in [3.63, 3.8) is 0 Å². The Kier molecular flexibility index (Phi) is 5.64. The van der Waals surface area contributed by atoms with Crippen LogP contribution in [0.25, 0.3) is 0 Å². The number of fused-ring (bicyclic) bond motifs is 3. The highest BCUT2D eigenvalue weighted by Gasteiger charge is 2.34. The van der Waals surface area contributed by atoms with Crippen molar-refractivity contribution < 1.29 is 9.59 Å². The second-order valence-corrected chi connectivity index (χ2v) is 8.58. The number of pyridine rings is 1. The average Bonchev–Trinajstić information content (AvgIpc) is 2.69. The Balaban J connectivity index is 1.37. The van der Waals surface area contributed by atoms with Gasteiger partial charge >= 0.3 is 0 Å². The Morgan fingerprint density at radius 2 is 1.86 bits per heavy atom. The molecular formula is C21H24N4O2S. The minimum atomic E-state index is -0.123. The number of nitrogens with one attached hydrogen (secondary N) is 2. The molecule has 2 N–H and O–H groups in total. The van der Waals surface area contributed by atoms with Gasteiger partial charge in [0, 0.05) is 41.1 Å². The summed E-state index contributed by atoms with van der Waals surface area (Å²) in [6, 6.07) is 9.77. The maximum absolute atomic E-state index is 12.6. The Labute approximate surface area is 169 Å². The third-order valence-corrected chi connectivity index (χ3v) is 6.33. The molecule has 0 aliphatic carbocycles. The summed E-state index contributed by atoms with van der Waals surface area (Å²) in [4.78, 5) is 32.3. The van der Waals surface area contributed by atoms with Gasteiger partial charge < -0.3 is 15.5 Å². The van der Waals surface area contributed by atoms with Gasteiger partial charge in [-0.3, -0.25) is 14.6 Å². The third kappa shape index (κ3) is 4.54. The lowest BCUT2D eigenvalue weighted by molar-refractivity contribution is -0.114. The van der Waals surface area contributed by atoms with E-state index in [1.165, 1.54) is 32.9 Å². The Morgan fingerprint density at radius 3 is 2.50 bits per heavy atom. The third-order valence-electron chi connectivity index (χ3n) is 5.36. The van der Waals surface area contributed by atoms with Crippen molar-refractivity contribution in [2.75, 3.05) is 25.0 Å². The highest BCUT2D eigenvalue weighted by atomic mass is 32.2. The van der Waals surface area contributed by atoms with E-state index in [1.54, 1.807) is 24.2 Å². The van der Waals surface area contributed by atoms with Crippen LogP contribution in [0, 0.1) is 5.92 Å². The number of aromatic nitrogens is 1. The van der Waals surface area contributed by atoms with Crippen LogP contribution in [0.1, 0.15) is 30.1 Å². The number of piperidine rings is 3. The second-order valence-electron chi connectivity index (χ2n) is 7.43. The molecule has 2 bridgehead atoms. The van der Waals surface area contributed by atoms with Crippen molar-refractivity contribution in [2.45, 2.75) is 35.6 Å². The number of amides is 2. The van der Waals surface area contributed by atoms with E-state index in [4.69, 9.17) is 0 Å². The zero-order valence-corrected chi connectivity index (χ0v) is 16.7. The molecule has 3 aliphatic rings. The molecule has 3 aliphatic heterocycles. The van der Waals surface area contributed by atoms with Crippen molar-refractivity contribution in [1.82, 2.24) is 15.2 Å². The van der Waals surface area contributed by atoms with Crippen LogP contribution in [0.5, 0.6) is 0 Å². The molecule has 3 fully saturated rings. The fourth-order valence-corrected chi connectivity index (χ4v) is 4.78. The SMILES string of the molecule is CC(=O)Nc1cncc(Sc2ccc(C(=O)NC3CN4CCC3CC4)cc2)c1. The Hall–Kier alpha value is -2.38. The number of benzene rings is 1. The topological polar surface area (TPSA) is 74.3 Å². The molecule has 0 spiro atoms. The van der Waals surface area contributed by atoms with E-state index in [9.17, 15) is 9.59 Å². The van der Waals surface area contributed by atoms with Gasteiger partial charge in [-0.1, -0.05) is 11.8 Å². The monoisotopic (exact) mass is 396 g/mol. The average molecular weight is 397 g/mol. The minimum absolute atomic E-state index is 0.00428. The van der Waals surface area contributed by atoms with Crippen LogP contribution in [-0.4, -0.2) is 47.4 Å². The Bertz CT molecular complexity index is 863. The van der Waals surface area contributed by atoms with E-state index >= 15 is 0 Å². The van der Waals surface area contributed by atoms with E-state index in [0.717, 1.165) is 16.3 Å². The second kappa shape index (κ2) is 8.32. The molecule has 0 radical (unpaired) electrons. The molecule has 1 unspecified atom stereocenters. The molecule has 4 heterocycles. The zero-order chi connectivity index (χ0) is 19.5. The van der Waals surface area contributed by atoms with E-state index < -0.39 is 0 Å². The molecule has 1 aromatic heterocycles. The molecule has 146 valence electrons. The molecule has 5 rings (SSSR count). The van der Waals surface area contributed by atoms with E-state index in [2.05, 4.69) is 20.5 Å². The van der Waals surface area contributed by atoms with Crippen LogP contribution in [0.4, 0.5) is 5.69 Å². The predicted octanol–water partition coefficient (Wildman–Crippen LogP) is 3.02. The normalized spacial score (nSPS) is 23.2. The molecule has 6 nitrogen and oxygen atoms in total. The molecular weight excluding hydrogens is 372 g/mol. The largest absolute Gasteiger partial charge is 0.348 e. The van der Waals surface area contributed by atoms with Gasteiger partial charge in [0.1, 0.15) is 0 Å². The number of carbonyl (C=O) groups is 2. The number of hydrogen-bond donors (Lipinski definition) is 2. The van der Waals surface area contributed by atoms with Crippen molar-refractivity contribution in [1.29, 1.82) is 0 Å². The highest BCUT2D eigenvalue weighted by Crippen LogP contribution is 2.30. The fourth-order valence-electron chi connectivity index (χ4n) is 3.94. The standard InChI is InChI=1S/C21H24N4O2S/c1-14(26)23-17-10-19(12-22-11-17)28-18-4-2-16(3-5-18)21(27)24-20-13-25-8-6-15(20)7-9-25/h2-5,10-12,15,20H,6-9,13H2,1H3,(H,23,26)(H,24,27). The van der Waals surface area contributed by atoms with E-state index in [-0.39, 0.29) is 17.9 Å². The van der Waals surface area contributed by atoms with Gasteiger partial charge in [-0.25, -0.2) is 0 Å². The molecule has 2 aromatic rings. The summed E-state index contributed by atoms with van der Waals surface area (Å²) in [5.41, 5.74) is 1.36. The zero-order valence-electron chi connectivity index (χ0n) is 15.9. The lowest BCUT2D eigenvalue weighted by atomic mass is 9.84. The Morgan fingerprint density at radius 1 is 1.11 bits per heavy atom. The van der Waals surface area contributed by atoms with Gasteiger partial charge in [0.15, 0.2) is 0 Å². The van der Waals surface area contributed by atoms with Crippen LogP contribution in [0.15, 0.2) is 52.5 Å². The van der Waals surface area contributed by atoms with E-state index in [0.29, 0.717) is 17.2 Å². The summed E-state index contributed by atoms with van der Waals surface area (Å²) in [6.45, 7) is 4.78. The molecule has 2 amide bonds. The van der Waals surface area contributed by atoms with Crippen LogP contribution >= 0.6 is 11.8 Å². The van der Waals surface area contributed by atoms with Crippen LogP contribution in [0.2, 0.25) is 0 Å². The van der Waals surface area contributed by atoms with Crippen molar-refractivity contribution in [2.24, 2.45) is 5.92 Å². The number of rotatable bonds is 5. The molecule has 28 heavy (non-hydrogen) atoms. The van der Waals surface area contributed by atoms with Gasteiger partial charge in [-0.2, -0.15) is 0 Å². The molecule has 1 aromatic carbocycles. The van der Waals surface area contributed by atoms with Crippen LogP contribution < -0.4 is 10.6 Å². The molecule has 0 saturated carbocycles. The van der Waals surface area contributed by atoms with Gasteiger partial charge in [-0.15, -0.1) is 0 Å².